The minimum atomic E-state index is -0.532. The van der Waals surface area contributed by atoms with Crippen LogP contribution in [0.1, 0.15) is 39.5 Å². The summed E-state index contributed by atoms with van der Waals surface area (Å²) in [5.74, 6) is -0.912. The summed E-state index contributed by atoms with van der Waals surface area (Å²) in [4.78, 5) is 11.6. The molecule has 1 amide bonds. The lowest BCUT2D eigenvalue weighted by atomic mass is 9.93. The standard InChI is InChI=1S/C14H13ClFN3O/c1-19-13(14(17)20)11(6-18-19)8-2-3-9-10(8)4-7(15)5-12(9)16/h4-6,8H,2-3H2,1H3,(H2,17,20)/t8-/m1/s1. The van der Waals surface area contributed by atoms with Crippen LogP contribution in [0.2, 0.25) is 5.02 Å². The van der Waals surface area contributed by atoms with Gasteiger partial charge in [-0.1, -0.05) is 11.6 Å². The van der Waals surface area contributed by atoms with Crippen LogP contribution in [0.3, 0.4) is 0 Å². The highest BCUT2D eigenvalue weighted by atomic mass is 35.5. The van der Waals surface area contributed by atoms with Gasteiger partial charge >= 0.3 is 0 Å². The lowest BCUT2D eigenvalue weighted by Crippen LogP contribution is -2.18. The first kappa shape index (κ1) is 13.1. The molecular weight excluding hydrogens is 281 g/mol. The van der Waals surface area contributed by atoms with Gasteiger partial charge in [-0.25, -0.2) is 4.39 Å². The molecule has 2 aromatic rings. The molecule has 0 spiro atoms. The van der Waals surface area contributed by atoms with E-state index in [1.807, 2.05) is 0 Å². The summed E-state index contributed by atoms with van der Waals surface area (Å²) in [6.07, 6.45) is 2.97. The van der Waals surface area contributed by atoms with E-state index in [1.54, 1.807) is 19.3 Å². The predicted octanol–water partition coefficient (Wildman–Crippen LogP) is 2.39. The molecule has 1 heterocycles. The number of primary amides is 1. The van der Waals surface area contributed by atoms with Crippen LogP contribution in [0.15, 0.2) is 18.3 Å². The number of aryl methyl sites for hydroxylation is 1. The van der Waals surface area contributed by atoms with Gasteiger partial charge < -0.3 is 5.73 Å². The van der Waals surface area contributed by atoms with Crippen molar-refractivity contribution < 1.29 is 9.18 Å². The summed E-state index contributed by atoms with van der Waals surface area (Å²) in [6, 6.07) is 3.08. The van der Waals surface area contributed by atoms with Gasteiger partial charge in [-0.2, -0.15) is 5.10 Å². The number of carbonyl (C=O) groups excluding carboxylic acids is 1. The molecule has 0 saturated heterocycles. The van der Waals surface area contributed by atoms with Crippen molar-refractivity contribution >= 4 is 17.5 Å². The van der Waals surface area contributed by atoms with Crippen LogP contribution in [-0.4, -0.2) is 15.7 Å². The number of aromatic nitrogens is 2. The average molecular weight is 294 g/mol. The summed E-state index contributed by atoms with van der Waals surface area (Å²) >= 11 is 5.94. The van der Waals surface area contributed by atoms with E-state index in [9.17, 15) is 9.18 Å². The number of carbonyl (C=O) groups is 1. The van der Waals surface area contributed by atoms with Crippen molar-refractivity contribution in [3.63, 3.8) is 0 Å². The van der Waals surface area contributed by atoms with Crippen molar-refractivity contribution in [1.82, 2.24) is 9.78 Å². The third-order valence-corrected chi connectivity index (χ3v) is 4.05. The lowest BCUT2D eigenvalue weighted by Gasteiger charge is -2.12. The molecule has 1 aliphatic rings. The Morgan fingerprint density at radius 1 is 1.50 bits per heavy atom. The van der Waals surface area contributed by atoms with Crippen LogP contribution in [0.25, 0.3) is 0 Å². The molecule has 3 rings (SSSR count). The first-order valence-electron chi connectivity index (χ1n) is 6.28. The van der Waals surface area contributed by atoms with Gasteiger partial charge in [0.15, 0.2) is 0 Å². The van der Waals surface area contributed by atoms with Crippen LogP contribution >= 0.6 is 11.6 Å². The quantitative estimate of drug-likeness (QED) is 0.924. The molecular formula is C14H13ClFN3O. The number of hydrogen-bond donors (Lipinski definition) is 1. The zero-order valence-corrected chi connectivity index (χ0v) is 11.6. The molecule has 0 unspecified atom stereocenters. The third-order valence-electron chi connectivity index (χ3n) is 3.83. The largest absolute Gasteiger partial charge is 0.364 e. The molecule has 0 saturated carbocycles. The van der Waals surface area contributed by atoms with Gasteiger partial charge in [-0.05, 0) is 36.1 Å². The van der Waals surface area contributed by atoms with Gasteiger partial charge in [0.05, 0.1) is 6.20 Å². The second-order valence-corrected chi connectivity index (χ2v) is 5.42. The second kappa shape index (κ2) is 4.59. The summed E-state index contributed by atoms with van der Waals surface area (Å²) in [7, 11) is 1.66. The molecule has 6 heteroatoms. The Hall–Kier alpha value is -1.88. The fraction of sp³-hybridized carbons (Fsp3) is 0.286. The van der Waals surface area contributed by atoms with Crippen molar-refractivity contribution in [3.8, 4) is 0 Å². The zero-order valence-electron chi connectivity index (χ0n) is 10.9. The van der Waals surface area contributed by atoms with E-state index in [4.69, 9.17) is 17.3 Å². The van der Waals surface area contributed by atoms with Crippen molar-refractivity contribution in [3.05, 3.63) is 51.6 Å². The smallest absolute Gasteiger partial charge is 0.267 e. The molecule has 20 heavy (non-hydrogen) atoms. The minimum Gasteiger partial charge on any atom is -0.364 e. The van der Waals surface area contributed by atoms with E-state index in [0.717, 1.165) is 17.5 Å². The highest BCUT2D eigenvalue weighted by molar-refractivity contribution is 6.30. The molecule has 1 atom stereocenters. The molecule has 4 nitrogen and oxygen atoms in total. The van der Waals surface area contributed by atoms with E-state index in [1.165, 1.54) is 10.7 Å². The third kappa shape index (κ3) is 1.89. The van der Waals surface area contributed by atoms with E-state index in [0.29, 0.717) is 22.7 Å². The SMILES string of the molecule is Cn1ncc([C@@H]2CCc3c(F)cc(Cl)cc32)c1C(N)=O. The second-order valence-electron chi connectivity index (χ2n) is 4.98. The van der Waals surface area contributed by atoms with Crippen LogP contribution < -0.4 is 5.73 Å². The fourth-order valence-corrected chi connectivity index (χ4v) is 3.19. The Morgan fingerprint density at radius 2 is 2.25 bits per heavy atom. The molecule has 0 bridgehead atoms. The average Bonchev–Trinajstić information content (AvgIpc) is 2.92. The number of nitrogens with zero attached hydrogens (tertiary/aromatic N) is 2. The normalized spacial score (nSPS) is 17.2. The molecule has 0 aliphatic heterocycles. The van der Waals surface area contributed by atoms with E-state index in [2.05, 4.69) is 5.10 Å². The van der Waals surface area contributed by atoms with Gasteiger partial charge in [0, 0.05) is 23.6 Å². The first-order valence-corrected chi connectivity index (χ1v) is 6.66. The number of amides is 1. The molecule has 1 aromatic heterocycles. The number of hydrogen-bond acceptors (Lipinski definition) is 2. The Bertz CT molecular complexity index is 711. The molecule has 1 aliphatic carbocycles. The lowest BCUT2D eigenvalue weighted by molar-refractivity contribution is 0.0990. The van der Waals surface area contributed by atoms with Crippen molar-refractivity contribution in [2.24, 2.45) is 12.8 Å². The van der Waals surface area contributed by atoms with Crippen LogP contribution in [-0.2, 0) is 13.5 Å². The van der Waals surface area contributed by atoms with Gasteiger partial charge in [0.25, 0.3) is 5.91 Å². The van der Waals surface area contributed by atoms with Crippen LogP contribution in [0.5, 0.6) is 0 Å². The predicted molar refractivity (Wildman–Crippen MR) is 73.3 cm³/mol. The van der Waals surface area contributed by atoms with E-state index < -0.39 is 5.91 Å². The summed E-state index contributed by atoms with van der Waals surface area (Å²) < 4.78 is 15.4. The Kier molecular flexibility index (Phi) is 3.01. The number of halogens is 2. The maximum atomic E-state index is 13.9. The van der Waals surface area contributed by atoms with Crippen molar-refractivity contribution in [2.45, 2.75) is 18.8 Å². The molecule has 1 aromatic carbocycles. The molecule has 0 radical (unpaired) electrons. The summed E-state index contributed by atoms with van der Waals surface area (Å²) in [5, 5.41) is 4.45. The molecule has 2 N–H and O–H groups in total. The van der Waals surface area contributed by atoms with Gasteiger partial charge in [-0.15, -0.1) is 0 Å². The highest BCUT2D eigenvalue weighted by Crippen LogP contribution is 2.41. The maximum Gasteiger partial charge on any atom is 0.267 e. The van der Waals surface area contributed by atoms with E-state index in [-0.39, 0.29) is 11.7 Å². The molecule has 104 valence electrons. The Morgan fingerprint density at radius 3 is 2.95 bits per heavy atom. The Balaban J connectivity index is 2.15. The zero-order chi connectivity index (χ0) is 14.4. The van der Waals surface area contributed by atoms with Gasteiger partial charge in [-0.3, -0.25) is 9.48 Å². The number of rotatable bonds is 2. The van der Waals surface area contributed by atoms with E-state index >= 15 is 0 Å². The number of nitrogens with two attached hydrogens (primary N) is 1. The monoisotopic (exact) mass is 293 g/mol. The van der Waals surface area contributed by atoms with Gasteiger partial charge in [0.2, 0.25) is 0 Å². The summed E-state index contributed by atoms with van der Waals surface area (Å²) in [6.45, 7) is 0. The van der Waals surface area contributed by atoms with Crippen LogP contribution in [0, 0.1) is 5.82 Å². The van der Waals surface area contributed by atoms with Crippen molar-refractivity contribution in [2.75, 3.05) is 0 Å². The maximum absolute atomic E-state index is 13.9. The minimum absolute atomic E-state index is 0.0885. The Labute approximate surface area is 120 Å². The highest BCUT2D eigenvalue weighted by Gasteiger charge is 2.31. The van der Waals surface area contributed by atoms with Crippen molar-refractivity contribution in [1.29, 1.82) is 0 Å². The van der Waals surface area contributed by atoms with Gasteiger partial charge in [0.1, 0.15) is 11.5 Å². The van der Waals surface area contributed by atoms with Crippen LogP contribution in [0.4, 0.5) is 4.39 Å². The molecule has 0 fully saturated rings. The number of fused-ring (bicyclic) bond motifs is 1. The fourth-order valence-electron chi connectivity index (χ4n) is 2.98. The first-order chi connectivity index (χ1) is 9.49. The summed E-state index contributed by atoms with van der Waals surface area (Å²) in [5.41, 5.74) is 8.00. The topological polar surface area (TPSA) is 60.9 Å². The number of benzene rings is 1.